The fraction of sp³-hybridized carbons (Fsp3) is 0.562. The largest absolute Gasteiger partial charge is 0.383 e. The number of nitrogens with zero attached hydrogens (tertiary/aromatic N) is 1. The summed E-state index contributed by atoms with van der Waals surface area (Å²) in [6.07, 6.45) is 0.309. The fourth-order valence-corrected chi connectivity index (χ4v) is 2.12. The Kier molecular flexibility index (Phi) is 8.12. The number of hydrogen-bond acceptors (Lipinski definition) is 4. The van der Waals surface area contributed by atoms with Crippen LogP contribution in [-0.2, 0) is 20.7 Å². The standard InChI is InChI=1S/C16H24FNO3/c1-13(12-21-3)18(8-9-20-2)11-16(19)10-14-4-6-15(17)7-5-14/h4-7,13H,8-12H2,1-3H3. The number of methoxy groups -OCH3 is 2. The van der Waals surface area contributed by atoms with E-state index in [2.05, 4.69) is 0 Å². The van der Waals surface area contributed by atoms with Gasteiger partial charge in [0.2, 0.25) is 0 Å². The van der Waals surface area contributed by atoms with Gasteiger partial charge in [-0.3, -0.25) is 9.69 Å². The maximum atomic E-state index is 12.8. The Morgan fingerprint density at radius 2 is 1.90 bits per heavy atom. The normalized spacial score (nSPS) is 12.6. The van der Waals surface area contributed by atoms with E-state index >= 15 is 0 Å². The third-order valence-corrected chi connectivity index (χ3v) is 3.31. The molecular weight excluding hydrogens is 273 g/mol. The maximum absolute atomic E-state index is 12.8. The van der Waals surface area contributed by atoms with Gasteiger partial charge >= 0.3 is 0 Å². The Morgan fingerprint density at radius 3 is 2.48 bits per heavy atom. The second kappa shape index (κ2) is 9.60. The Labute approximate surface area is 125 Å². The van der Waals surface area contributed by atoms with Gasteiger partial charge in [-0.25, -0.2) is 4.39 Å². The average Bonchev–Trinajstić information content (AvgIpc) is 2.46. The number of halogens is 1. The Balaban J connectivity index is 2.55. The lowest BCUT2D eigenvalue weighted by molar-refractivity contribution is -0.120. The molecule has 0 aliphatic carbocycles. The maximum Gasteiger partial charge on any atom is 0.151 e. The van der Waals surface area contributed by atoms with Crippen LogP contribution in [0.3, 0.4) is 0 Å². The highest BCUT2D eigenvalue weighted by Gasteiger charge is 2.17. The van der Waals surface area contributed by atoms with Gasteiger partial charge in [0.15, 0.2) is 5.78 Å². The second-order valence-electron chi connectivity index (χ2n) is 5.11. The van der Waals surface area contributed by atoms with Gasteiger partial charge in [0, 0.05) is 33.2 Å². The molecule has 1 aromatic rings. The molecule has 1 atom stereocenters. The summed E-state index contributed by atoms with van der Waals surface area (Å²) in [5.74, 6) is -0.192. The van der Waals surface area contributed by atoms with E-state index in [1.165, 1.54) is 12.1 Å². The Morgan fingerprint density at radius 1 is 1.24 bits per heavy atom. The Bertz CT molecular complexity index is 422. The molecule has 0 aliphatic rings. The van der Waals surface area contributed by atoms with Crippen molar-refractivity contribution in [1.29, 1.82) is 0 Å². The van der Waals surface area contributed by atoms with Crippen LogP contribution >= 0.6 is 0 Å². The summed E-state index contributed by atoms with van der Waals surface area (Å²) in [5, 5.41) is 0. The van der Waals surface area contributed by atoms with Gasteiger partial charge in [-0.15, -0.1) is 0 Å². The molecule has 0 aliphatic heterocycles. The fourth-order valence-electron chi connectivity index (χ4n) is 2.12. The minimum absolute atomic E-state index is 0.0978. The van der Waals surface area contributed by atoms with Crippen molar-refractivity contribution >= 4 is 5.78 Å². The number of benzene rings is 1. The van der Waals surface area contributed by atoms with Crippen molar-refractivity contribution in [1.82, 2.24) is 4.90 Å². The third-order valence-electron chi connectivity index (χ3n) is 3.31. The van der Waals surface area contributed by atoms with Crippen molar-refractivity contribution < 1.29 is 18.7 Å². The lowest BCUT2D eigenvalue weighted by Gasteiger charge is -2.27. The molecule has 4 nitrogen and oxygen atoms in total. The van der Waals surface area contributed by atoms with Gasteiger partial charge in [-0.1, -0.05) is 12.1 Å². The summed E-state index contributed by atoms with van der Waals surface area (Å²) < 4.78 is 23.1. The number of ether oxygens (including phenoxy) is 2. The Hall–Kier alpha value is -1.30. The van der Waals surface area contributed by atoms with Crippen molar-refractivity contribution in [2.75, 3.05) is 40.5 Å². The van der Waals surface area contributed by atoms with E-state index in [0.29, 0.717) is 32.7 Å². The molecule has 21 heavy (non-hydrogen) atoms. The van der Waals surface area contributed by atoms with Gasteiger partial charge in [-0.05, 0) is 24.6 Å². The SMILES string of the molecule is COCCN(CC(=O)Cc1ccc(F)cc1)C(C)COC. The molecule has 0 spiro atoms. The number of carbonyl (C=O) groups excluding carboxylic acids is 1. The summed E-state index contributed by atoms with van der Waals surface area (Å²) in [6, 6.07) is 6.18. The van der Waals surface area contributed by atoms with Gasteiger partial charge in [0.25, 0.3) is 0 Å². The minimum atomic E-state index is -0.290. The molecule has 0 saturated heterocycles. The molecule has 5 heteroatoms. The van der Waals surface area contributed by atoms with Crippen LogP contribution in [0.4, 0.5) is 4.39 Å². The lowest BCUT2D eigenvalue weighted by Crippen LogP contribution is -2.42. The molecule has 1 rings (SSSR count). The first-order valence-electron chi connectivity index (χ1n) is 7.05. The average molecular weight is 297 g/mol. The van der Waals surface area contributed by atoms with Crippen LogP contribution in [-0.4, -0.2) is 57.2 Å². The first-order valence-corrected chi connectivity index (χ1v) is 7.05. The summed E-state index contributed by atoms with van der Waals surface area (Å²) in [6.45, 7) is 4.16. The molecule has 1 aromatic carbocycles. The second-order valence-corrected chi connectivity index (χ2v) is 5.11. The topological polar surface area (TPSA) is 38.8 Å². The highest BCUT2D eigenvalue weighted by atomic mass is 19.1. The van der Waals surface area contributed by atoms with Crippen molar-refractivity contribution in [3.8, 4) is 0 Å². The summed E-state index contributed by atoms with van der Waals surface area (Å²) in [4.78, 5) is 14.2. The van der Waals surface area contributed by atoms with Gasteiger partial charge in [-0.2, -0.15) is 0 Å². The number of carbonyl (C=O) groups is 1. The van der Waals surface area contributed by atoms with Crippen LogP contribution in [0.5, 0.6) is 0 Å². The number of rotatable bonds is 10. The van der Waals surface area contributed by atoms with Crippen LogP contribution in [0.1, 0.15) is 12.5 Å². The number of hydrogen-bond donors (Lipinski definition) is 0. The van der Waals surface area contributed by atoms with E-state index in [1.807, 2.05) is 11.8 Å². The highest BCUT2D eigenvalue weighted by Crippen LogP contribution is 2.06. The summed E-state index contributed by atoms with van der Waals surface area (Å²) in [7, 11) is 3.28. The monoisotopic (exact) mass is 297 g/mol. The molecule has 0 fully saturated rings. The van der Waals surface area contributed by atoms with Crippen molar-refractivity contribution in [3.05, 3.63) is 35.6 Å². The van der Waals surface area contributed by atoms with E-state index in [9.17, 15) is 9.18 Å². The zero-order valence-electron chi connectivity index (χ0n) is 13.0. The van der Waals surface area contributed by atoms with E-state index in [-0.39, 0.29) is 17.6 Å². The molecule has 0 amide bonds. The predicted octanol–water partition coefficient (Wildman–Crippen LogP) is 1.92. The van der Waals surface area contributed by atoms with Crippen LogP contribution in [0, 0.1) is 5.82 Å². The van der Waals surface area contributed by atoms with Gasteiger partial charge < -0.3 is 9.47 Å². The summed E-state index contributed by atoms with van der Waals surface area (Å²) in [5.41, 5.74) is 0.826. The lowest BCUT2D eigenvalue weighted by atomic mass is 10.1. The molecule has 1 unspecified atom stereocenters. The molecule has 0 radical (unpaired) electrons. The van der Waals surface area contributed by atoms with Crippen LogP contribution in [0.15, 0.2) is 24.3 Å². The quantitative estimate of drug-likeness (QED) is 0.661. The third kappa shape index (κ3) is 6.80. The molecule has 0 N–H and O–H groups in total. The van der Waals surface area contributed by atoms with Crippen molar-refractivity contribution in [3.63, 3.8) is 0 Å². The van der Waals surface area contributed by atoms with Crippen LogP contribution < -0.4 is 0 Å². The minimum Gasteiger partial charge on any atom is -0.383 e. The van der Waals surface area contributed by atoms with Gasteiger partial charge in [0.1, 0.15) is 5.82 Å². The molecule has 0 bridgehead atoms. The van der Waals surface area contributed by atoms with E-state index in [4.69, 9.17) is 9.47 Å². The molecule has 0 saturated carbocycles. The van der Waals surface area contributed by atoms with E-state index in [1.54, 1.807) is 26.4 Å². The van der Waals surface area contributed by atoms with Gasteiger partial charge in [0.05, 0.1) is 19.8 Å². The smallest absolute Gasteiger partial charge is 0.151 e. The zero-order valence-corrected chi connectivity index (χ0v) is 13.0. The number of Topliss-reactive ketones (excluding diaryl/α,β-unsaturated/α-hetero) is 1. The van der Waals surface area contributed by atoms with Crippen molar-refractivity contribution in [2.45, 2.75) is 19.4 Å². The summed E-state index contributed by atoms with van der Waals surface area (Å²) >= 11 is 0. The molecule has 118 valence electrons. The molecular formula is C16H24FNO3. The number of ketones is 1. The van der Waals surface area contributed by atoms with Crippen LogP contribution in [0.25, 0.3) is 0 Å². The predicted molar refractivity (Wildman–Crippen MR) is 79.9 cm³/mol. The van der Waals surface area contributed by atoms with E-state index in [0.717, 1.165) is 5.56 Å². The first kappa shape index (κ1) is 17.8. The highest BCUT2D eigenvalue weighted by molar-refractivity contribution is 5.82. The van der Waals surface area contributed by atoms with Crippen molar-refractivity contribution in [2.24, 2.45) is 0 Å². The molecule has 0 aromatic heterocycles. The zero-order chi connectivity index (χ0) is 15.7. The van der Waals surface area contributed by atoms with E-state index < -0.39 is 0 Å². The first-order chi connectivity index (χ1) is 10.1. The van der Waals surface area contributed by atoms with Crippen LogP contribution in [0.2, 0.25) is 0 Å². The molecule has 0 heterocycles.